The molecule has 0 fully saturated rings. The van der Waals surface area contributed by atoms with Crippen LogP contribution in [-0.4, -0.2) is 48.4 Å². The molecule has 0 N–H and O–H groups in total. The fourth-order valence-electron chi connectivity index (χ4n) is 1.50. The quantitative estimate of drug-likeness (QED) is 0.425. The van der Waals surface area contributed by atoms with E-state index in [2.05, 4.69) is 4.74 Å². The fourth-order valence-corrected chi connectivity index (χ4v) is 1.50. The molecule has 1 atom stereocenters. The Balaban J connectivity index is 5.76. The van der Waals surface area contributed by atoms with Crippen LogP contribution >= 0.6 is 0 Å². The second-order valence-electron chi connectivity index (χ2n) is 4.87. The summed E-state index contributed by atoms with van der Waals surface area (Å²) in [5.41, 5.74) is -5.32. The van der Waals surface area contributed by atoms with Crippen molar-refractivity contribution in [1.82, 2.24) is 0 Å². The van der Waals surface area contributed by atoms with E-state index >= 15 is 0 Å². The van der Waals surface area contributed by atoms with E-state index in [0.29, 0.717) is 0 Å². The smallest absolute Gasteiger partial charge is 0.460 e. The van der Waals surface area contributed by atoms with E-state index in [0.717, 1.165) is 6.92 Å². The van der Waals surface area contributed by atoms with Crippen LogP contribution in [-0.2, 0) is 9.53 Å². The molecule has 0 aromatic heterocycles. The molecule has 0 rings (SSSR count). The summed E-state index contributed by atoms with van der Waals surface area (Å²) < 4.78 is 168. The molecule has 0 saturated carbocycles. The summed E-state index contributed by atoms with van der Waals surface area (Å²) in [7, 11) is 0. The van der Waals surface area contributed by atoms with Crippen molar-refractivity contribution in [2.45, 2.75) is 55.6 Å². The minimum absolute atomic E-state index is 0.862. The lowest BCUT2D eigenvalue weighted by molar-refractivity contribution is -0.397. The van der Waals surface area contributed by atoms with Crippen LogP contribution in [0.4, 0.5) is 57.1 Å². The Morgan fingerprint density at radius 3 is 1.42 bits per heavy atom. The van der Waals surface area contributed by atoms with Crippen molar-refractivity contribution in [3.05, 3.63) is 0 Å². The summed E-state index contributed by atoms with van der Waals surface area (Å²) in [5, 5.41) is 0. The van der Waals surface area contributed by atoms with Gasteiger partial charge < -0.3 is 4.74 Å². The van der Waals surface area contributed by atoms with Crippen molar-refractivity contribution < 1.29 is 66.6 Å². The summed E-state index contributed by atoms with van der Waals surface area (Å²) in [4.78, 5) is 11.0. The van der Waals surface area contributed by atoms with E-state index in [9.17, 15) is 61.9 Å². The standard InChI is InChI=1S/C11H9F13O2/c1-2-26-5(25)6(12,10(19,20)21)3-4-7(13,14)8(15,16)9(17,18)11(22,23)24/h2-4H2,1H3. The van der Waals surface area contributed by atoms with Gasteiger partial charge >= 0.3 is 41.8 Å². The van der Waals surface area contributed by atoms with Crippen LogP contribution in [0, 0.1) is 0 Å². The van der Waals surface area contributed by atoms with Gasteiger partial charge in [0.2, 0.25) is 0 Å². The van der Waals surface area contributed by atoms with Gasteiger partial charge in [0.25, 0.3) is 0 Å². The van der Waals surface area contributed by atoms with E-state index in [4.69, 9.17) is 0 Å². The zero-order chi connectivity index (χ0) is 21.4. The first-order chi connectivity index (χ1) is 11.2. The molecule has 0 bridgehead atoms. The summed E-state index contributed by atoms with van der Waals surface area (Å²) in [5.74, 6) is -23.9. The first kappa shape index (κ1) is 24.6. The predicted molar refractivity (Wildman–Crippen MR) is 56.7 cm³/mol. The molecule has 26 heavy (non-hydrogen) atoms. The lowest BCUT2D eigenvalue weighted by Gasteiger charge is -2.35. The zero-order valence-corrected chi connectivity index (χ0v) is 12.4. The third kappa shape index (κ3) is 4.10. The molecular formula is C11H9F13O2. The maximum Gasteiger partial charge on any atom is 0.460 e. The Morgan fingerprint density at radius 2 is 1.12 bits per heavy atom. The third-order valence-electron chi connectivity index (χ3n) is 3.04. The van der Waals surface area contributed by atoms with Gasteiger partial charge in [-0.05, 0) is 6.92 Å². The monoisotopic (exact) mass is 420 g/mol. The number of hydrogen-bond donors (Lipinski definition) is 0. The molecule has 0 aromatic carbocycles. The Morgan fingerprint density at radius 1 is 0.692 bits per heavy atom. The van der Waals surface area contributed by atoms with Crippen LogP contribution in [0.15, 0.2) is 0 Å². The van der Waals surface area contributed by atoms with Crippen LogP contribution in [0.2, 0.25) is 0 Å². The third-order valence-corrected chi connectivity index (χ3v) is 3.04. The normalized spacial score (nSPS) is 17.0. The van der Waals surface area contributed by atoms with Gasteiger partial charge in [0.1, 0.15) is 0 Å². The fraction of sp³-hybridized carbons (Fsp3) is 0.909. The van der Waals surface area contributed by atoms with Gasteiger partial charge in [-0.15, -0.1) is 0 Å². The second-order valence-corrected chi connectivity index (χ2v) is 4.87. The largest absolute Gasteiger partial charge is 0.463 e. The molecule has 0 heterocycles. The topological polar surface area (TPSA) is 26.3 Å². The van der Waals surface area contributed by atoms with Gasteiger partial charge in [0.05, 0.1) is 6.61 Å². The number of rotatable bonds is 7. The summed E-state index contributed by atoms with van der Waals surface area (Å²) in [6.45, 7) is -0.0411. The molecule has 0 saturated heterocycles. The number of carbonyl (C=O) groups is 1. The van der Waals surface area contributed by atoms with Gasteiger partial charge in [0, 0.05) is 12.8 Å². The molecule has 0 aliphatic heterocycles. The van der Waals surface area contributed by atoms with Crippen LogP contribution in [0.5, 0.6) is 0 Å². The van der Waals surface area contributed by atoms with E-state index in [1.807, 2.05) is 0 Å². The van der Waals surface area contributed by atoms with Crippen molar-refractivity contribution in [2.24, 2.45) is 0 Å². The number of ether oxygens (including phenoxy) is 1. The molecular weight excluding hydrogens is 411 g/mol. The highest BCUT2D eigenvalue weighted by Crippen LogP contribution is 2.55. The van der Waals surface area contributed by atoms with Crippen molar-refractivity contribution >= 4 is 5.97 Å². The van der Waals surface area contributed by atoms with E-state index in [-0.39, 0.29) is 0 Å². The Bertz CT molecular complexity index is 507. The molecule has 0 aliphatic carbocycles. The average molecular weight is 420 g/mol. The van der Waals surface area contributed by atoms with Gasteiger partial charge in [-0.2, -0.15) is 52.7 Å². The molecule has 0 aromatic rings. The van der Waals surface area contributed by atoms with Crippen LogP contribution < -0.4 is 0 Å². The molecule has 15 heteroatoms. The number of alkyl halides is 13. The predicted octanol–water partition coefficient (Wildman–Crippen LogP) is 5.07. The average Bonchev–Trinajstić information content (AvgIpc) is 2.42. The van der Waals surface area contributed by atoms with Gasteiger partial charge in [0.15, 0.2) is 0 Å². The van der Waals surface area contributed by atoms with Crippen molar-refractivity contribution in [3.8, 4) is 0 Å². The molecule has 156 valence electrons. The molecule has 0 aliphatic rings. The lowest BCUT2D eigenvalue weighted by atomic mass is 9.92. The van der Waals surface area contributed by atoms with E-state index in [1.54, 1.807) is 0 Å². The zero-order valence-electron chi connectivity index (χ0n) is 12.4. The highest BCUT2D eigenvalue weighted by molar-refractivity contribution is 5.80. The van der Waals surface area contributed by atoms with Crippen LogP contribution in [0.3, 0.4) is 0 Å². The highest BCUT2D eigenvalue weighted by atomic mass is 19.4. The lowest BCUT2D eigenvalue weighted by Crippen LogP contribution is -2.61. The first-order valence-electron chi connectivity index (χ1n) is 6.32. The highest BCUT2D eigenvalue weighted by Gasteiger charge is 2.81. The minimum Gasteiger partial charge on any atom is -0.463 e. The first-order valence-corrected chi connectivity index (χ1v) is 6.32. The van der Waals surface area contributed by atoms with E-state index < -0.39 is 61.2 Å². The maximum atomic E-state index is 13.7. The molecule has 1 unspecified atom stereocenters. The van der Waals surface area contributed by atoms with Crippen LogP contribution in [0.25, 0.3) is 0 Å². The van der Waals surface area contributed by atoms with Crippen LogP contribution in [0.1, 0.15) is 19.8 Å². The Hall–Kier alpha value is -1.44. The molecule has 2 nitrogen and oxygen atoms in total. The number of halogens is 13. The summed E-state index contributed by atoms with van der Waals surface area (Å²) in [6, 6.07) is 0. The number of hydrogen-bond acceptors (Lipinski definition) is 2. The Labute approximate surface area is 136 Å². The Kier molecular flexibility index (Phi) is 6.56. The summed E-state index contributed by atoms with van der Waals surface area (Å²) in [6.07, 6.45) is -19.5. The number of carbonyl (C=O) groups excluding carboxylic acids is 1. The van der Waals surface area contributed by atoms with Gasteiger partial charge in [-0.3, -0.25) is 0 Å². The maximum absolute atomic E-state index is 13.7. The van der Waals surface area contributed by atoms with Gasteiger partial charge in [-0.25, -0.2) is 9.18 Å². The van der Waals surface area contributed by atoms with Crippen molar-refractivity contribution in [2.75, 3.05) is 6.61 Å². The molecule has 0 spiro atoms. The SMILES string of the molecule is CCOC(=O)C(F)(CCC(F)(F)C(F)(F)C(F)(F)C(F)(F)F)C(F)(F)F. The second kappa shape index (κ2) is 6.94. The molecule has 0 amide bonds. The van der Waals surface area contributed by atoms with E-state index in [1.165, 1.54) is 0 Å². The van der Waals surface area contributed by atoms with Gasteiger partial charge in [-0.1, -0.05) is 0 Å². The minimum atomic E-state index is -7.34. The summed E-state index contributed by atoms with van der Waals surface area (Å²) >= 11 is 0. The van der Waals surface area contributed by atoms with Crippen molar-refractivity contribution in [1.29, 1.82) is 0 Å². The number of esters is 1. The van der Waals surface area contributed by atoms with Crippen molar-refractivity contribution in [3.63, 3.8) is 0 Å². The molecule has 0 radical (unpaired) electrons.